The first-order chi connectivity index (χ1) is 15.2. The molecule has 1 heterocycles. The van der Waals surface area contributed by atoms with E-state index in [0.29, 0.717) is 11.5 Å². The maximum absolute atomic E-state index is 11.8. The van der Waals surface area contributed by atoms with Crippen molar-refractivity contribution in [3.63, 3.8) is 0 Å². The Bertz CT molecular complexity index is 790. The molecule has 1 aliphatic rings. The van der Waals surface area contributed by atoms with E-state index in [-0.39, 0.29) is 13.2 Å². The fourth-order valence-corrected chi connectivity index (χ4v) is 3.12. The third-order valence-electron chi connectivity index (χ3n) is 4.36. The van der Waals surface area contributed by atoms with Crippen molar-refractivity contribution in [2.24, 2.45) is 0 Å². The second-order valence-electron chi connectivity index (χ2n) is 6.87. The van der Waals surface area contributed by atoms with E-state index >= 15 is 0 Å². The Labute approximate surface area is 186 Å². The van der Waals surface area contributed by atoms with Crippen molar-refractivity contribution in [1.29, 1.82) is 0 Å². The van der Waals surface area contributed by atoms with Crippen molar-refractivity contribution in [2.75, 3.05) is 20.3 Å². The first-order valence-electron chi connectivity index (χ1n) is 9.91. The zero-order valence-corrected chi connectivity index (χ0v) is 18.5. The Hall–Kier alpha value is -3.11. The van der Waals surface area contributed by atoms with Gasteiger partial charge in [0.25, 0.3) is 0 Å². The molecule has 10 nitrogen and oxygen atoms in total. The lowest BCUT2D eigenvalue weighted by Gasteiger charge is -2.44. The molecule has 1 saturated heterocycles. The van der Waals surface area contributed by atoms with Crippen LogP contribution < -0.4 is 9.47 Å². The zero-order chi connectivity index (χ0) is 23.7. The molecule has 0 radical (unpaired) electrons. The highest BCUT2D eigenvalue weighted by molar-refractivity contribution is 5.67. The van der Waals surface area contributed by atoms with Gasteiger partial charge in [-0.2, -0.15) is 0 Å². The number of hydrogen-bond acceptors (Lipinski definition) is 10. The maximum atomic E-state index is 11.8. The Kier molecular flexibility index (Phi) is 9.48. The van der Waals surface area contributed by atoms with E-state index < -0.39 is 48.6 Å². The monoisotopic (exact) mass is 452 g/mol. The summed E-state index contributed by atoms with van der Waals surface area (Å²) in [6, 6.07) is 6.66. The molecule has 0 spiro atoms. The SMILES string of the molecule is C=CCO[C@H]1[C@@H](OC(C)=O)[C@@H](COC(C)=O)O[C@@H](Oc2ccc(OC)cc2)[C@@H]1OC(C)=O. The molecule has 0 aliphatic carbocycles. The summed E-state index contributed by atoms with van der Waals surface area (Å²) in [7, 11) is 1.53. The molecule has 176 valence electrons. The van der Waals surface area contributed by atoms with E-state index in [1.807, 2.05) is 0 Å². The lowest BCUT2D eigenvalue weighted by molar-refractivity contribution is -0.291. The van der Waals surface area contributed by atoms with Gasteiger partial charge in [-0.15, -0.1) is 6.58 Å². The fourth-order valence-electron chi connectivity index (χ4n) is 3.12. The number of benzene rings is 1. The Morgan fingerprint density at radius 2 is 1.53 bits per heavy atom. The lowest BCUT2D eigenvalue weighted by atomic mass is 9.98. The molecule has 32 heavy (non-hydrogen) atoms. The van der Waals surface area contributed by atoms with Gasteiger partial charge in [-0.3, -0.25) is 14.4 Å². The maximum Gasteiger partial charge on any atom is 0.303 e. The number of methoxy groups -OCH3 is 1. The predicted octanol–water partition coefficient (Wildman–Crippen LogP) is 1.80. The lowest BCUT2D eigenvalue weighted by Crippen LogP contribution is -2.63. The number of carbonyl (C=O) groups excluding carboxylic acids is 3. The fraction of sp³-hybridized carbons (Fsp3) is 0.500. The van der Waals surface area contributed by atoms with Gasteiger partial charge in [0.2, 0.25) is 6.29 Å². The van der Waals surface area contributed by atoms with Gasteiger partial charge in [-0.1, -0.05) is 6.08 Å². The largest absolute Gasteiger partial charge is 0.497 e. The van der Waals surface area contributed by atoms with Crippen LogP contribution in [0.2, 0.25) is 0 Å². The van der Waals surface area contributed by atoms with Gasteiger partial charge in [-0.25, -0.2) is 0 Å². The molecule has 0 unspecified atom stereocenters. The smallest absolute Gasteiger partial charge is 0.303 e. The van der Waals surface area contributed by atoms with Crippen LogP contribution in [0.15, 0.2) is 36.9 Å². The van der Waals surface area contributed by atoms with Crippen LogP contribution in [0.1, 0.15) is 20.8 Å². The van der Waals surface area contributed by atoms with E-state index in [0.717, 1.165) is 0 Å². The molecule has 1 fully saturated rings. The number of carbonyl (C=O) groups is 3. The molecule has 0 aromatic heterocycles. The van der Waals surface area contributed by atoms with E-state index in [1.54, 1.807) is 24.3 Å². The first-order valence-corrected chi connectivity index (χ1v) is 9.91. The molecule has 1 aromatic rings. The molecule has 1 aromatic carbocycles. The summed E-state index contributed by atoms with van der Waals surface area (Å²) in [5, 5.41) is 0. The summed E-state index contributed by atoms with van der Waals surface area (Å²) in [5.74, 6) is -0.766. The minimum absolute atomic E-state index is 0.0652. The minimum atomic E-state index is -1.16. The molecule has 5 atom stereocenters. The van der Waals surface area contributed by atoms with Crippen LogP contribution in [0.3, 0.4) is 0 Å². The van der Waals surface area contributed by atoms with Gasteiger partial charge < -0.3 is 33.2 Å². The summed E-state index contributed by atoms with van der Waals surface area (Å²) in [5.41, 5.74) is 0. The second-order valence-corrected chi connectivity index (χ2v) is 6.87. The summed E-state index contributed by atoms with van der Waals surface area (Å²) in [6.45, 7) is 7.12. The zero-order valence-electron chi connectivity index (χ0n) is 18.5. The molecule has 1 aliphatic heterocycles. The number of rotatable bonds is 10. The van der Waals surface area contributed by atoms with Crippen molar-refractivity contribution in [3.8, 4) is 11.5 Å². The first kappa shape index (κ1) is 25.2. The standard InChI is InChI=1S/C22H28O10/c1-6-11-27-20-19(29-14(3)24)18(12-28-13(2)23)32-22(21(20)30-15(4)25)31-17-9-7-16(26-5)8-10-17/h6-10,18-22H,1,11-12H2,2-5H3/t18-,19+,20+,21-,22-/m1/s1. The van der Waals surface area contributed by atoms with Crippen molar-refractivity contribution < 1.29 is 47.5 Å². The van der Waals surface area contributed by atoms with Crippen molar-refractivity contribution in [2.45, 2.75) is 51.5 Å². The Morgan fingerprint density at radius 1 is 0.938 bits per heavy atom. The third kappa shape index (κ3) is 7.24. The van der Waals surface area contributed by atoms with E-state index in [1.165, 1.54) is 34.0 Å². The number of ether oxygens (including phenoxy) is 7. The van der Waals surface area contributed by atoms with Gasteiger partial charge in [-0.05, 0) is 24.3 Å². The van der Waals surface area contributed by atoms with Gasteiger partial charge >= 0.3 is 17.9 Å². The van der Waals surface area contributed by atoms with Gasteiger partial charge in [0, 0.05) is 20.8 Å². The van der Waals surface area contributed by atoms with Crippen molar-refractivity contribution in [1.82, 2.24) is 0 Å². The summed E-state index contributed by atoms with van der Waals surface area (Å²) >= 11 is 0. The van der Waals surface area contributed by atoms with E-state index in [2.05, 4.69) is 6.58 Å². The number of hydrogen-bond donors (Lipinski definition) is 0. The van der Waals surface area contributed by atoms with Crippen LogP contribution >= 0.6 is 0 Å². The number of esters is 3. The molecule has 0 bridgehead atoms. The predicted molar refractivity (Wildman–Crippen MR) is 110 cm³/mol. The normalized spacial score (nSPS) is 24.7. The quantitative estimate of drug-likeness (QED) is 0.296. The molecule has 2 rings (SSSR count). The Balaban J connectivity index is 2.39. The minimum Gasteiger partial charge on any atom is -0.497 e. The van der Waals surface area contributed by atoms with Crippen molar-refractivity contribution >= 4 is 17.9 Å². The molecule has 0 N–H and O–H groups in total. The van der Waals surface area contributed by atoms with Crippen LogP contribution in [0.5, 0.6) is 11.5 Å². The summed E-state index contributed by atoms with van der Waals surface area (Å²) in [4.78, 5) is 35.0. The van der Waals surface area contributed by atoms with Gasteiger partial charge in [0.15, 0.2) is 12.2 Å². The highest BCUT2D eigenvalue weighted by Gasteiger charge is 2.52. The van der Waals surface area contributed by atoms with E-state index in [4.69, 9.17) is 33.2 Å². The Morgan fingerprint density at radius 3 is 2.06 bits per heavy atom. The summed E-state index contributed by atoms with van der Waals surface area (Å²) < 4.78 is 38.7. The third-order valence-corrected chi connectivity index (χ3v) is 4.36. The van der Waals surface area contributed by atoms with Gasteiger partial charge in [0.1, 0.15) is 30.3 Å². The summed E-state index contributed by atoms with van der Waals surface area (Å²) in [6.07, 6.45) is -3.76. The van der Waals surface area contributed by atoms with E-state index in [9.17, 15) is 14.4 Å². The average Bonchev–Trinajstić information content (AvgIpc) is 2.73. The van der Waals surface area contributed by atoms with Crippen LogP contribution in [-0.2, 0) is 38.1 Å². The van der Waals surface area contributed by atoms with Crippen LogP contribution in [0.25, 0.3) is 0 Å². The van der Waals surface area contributed by atoms with Crippen molar-refractivity contribution in [3.05, 3.63) is 36.9 Å². The van der Waals surface area contributed by atoms with Crippen LogP contribution in [0.4, 0.5) is 0 Å². The second kappa shape index (κ2) is 12.1. The highest BCUT2D eigenvalue weighted by atomic mass is 16.7. The van der Waals surface area contributed by atoms with Crippen LogP contribution in [-0.4, -0.2) is 68.9 Å². The topological polar surface area (TPSA) is 116 Å². The molecule has 10 heteroatoms. The van der Waals surface area contributed by atoms with Gasteiger partial charge in [0.05, 0.1) is 13.7 Å². The molecular weight excluding hydrogens is 424 g/mol. The molecule has 0 saturated carbocycles. The highest BCUT2D eigenvalue weighted by Crippen LogP contribution is 2.31. The molecular formula is C22H28O10. The molecule has 0 amide bonds. The average molecular weight is 452 g/mol. The van der Waals surface area contributed by atoms with Crippen LogP contribution in [0, 0.1) is 0 Å².